The second-order valence-electron chi connectivity index (χ2n) is 4.62. The lowest BCUT2D eigenvalue weighted by Crippen LogP contribution is -1.98. The van der Waals surface area contributed by atoms with Crippen molar-refractivity contribution >= 4 is 22.8 Å². The van der Waals surface area contributed by atoms with Crippen LogP contribution in [0.5, 0.6) is 0 Å². The molecule has 0 saturated heterocycles. The summed E-state index contributed by atoms with van der Waals surface area (Å²) < 4.78 is 0. The highest BCUT2D eigenvalue weighted by Gasteiger charge is 1.99. The van der Waals surface area contributed by atoms with E-state index in [2.05, 4.69) is 10.2 Å². The van der Waals surface area contributed by atoms with E-state index >= 15 is 0 Å². The molecule has 0 fully saturated rings. The molecule has 20 heavy (non-hydrogen) atoms. The molecule has 0 aromatic heterocycles. The average Bonchev–Trinajstić information content (AvgIpc) is 2.44. The van der Waals surface area contributed by atoms with Crippen LogP contribution >= 0.6 is 0 Å². The van der Waals surface area contributed by atoms with Gasteiger partial charge in [0.2, 0.25) is 0 Å². The zero-order valence-electron chi connectivity index (χ0n) is 11.7. The molecule has 0 spiro atoms. The lowest BCUT2D eigenvalue weighted by atomic mass is 10.1. The minimum absolute atomic E-state index is 0.716. The first kappa shape index (κ1) is 13.8. The fraction of sp³-hybridized carbons (Fsp3) is 0.125. The van der Waals surface area contributed by atoms with Gasteiger partial charge in [0, 0.05) is 11.4 Å². The fourth-order valence-corrected chi connectivity index (χ4v) is 1.79. The molecular formula is C16H18N4. The molecule has 2 aromatic rings. The molecule has 102 valence electrons. The van der Waals surface area contributed by atoms with Crippen LogP contribution in [0.1, 0.15) is 25.0 Å². The van der Waals surface area contributed by atoms with Crippen LogP contribution in [0.3, 0.4) is 0 Å². The smallest absolute Gasteiger partial charge is 0.0672 e. The quantitative estimate of drug-likeness (QED) is 0.509. The van der Waals surface area contributed by atoms with E-state index < -0.39 is 0 Å². The molecule has 2 aromatic carbocycles. The number of nitrogens with two attached hydrogens (primary N) is 2. The maximum atomic E-state index is 5.76. The molecule has 0 radical (unpaired) electrons. The topological polar surface area (TPSA) is 76.8 Å². The van der Waals surface area contributed by atoms with Gasteiger partial charge in [0.1, 0.15) is 0 Å². The number of hydrogen-bond acceptors (Lipinski definition) is 4. The second kappa shape index (κ2) is 6.02. The maximum absolute atomic E-state index is 5.76. The van der Waals surface area contributed by atoms with E-state index in [-0.39, 0.29) is 0 Å². The number of rotatable bonds is 3. The molecule has 0 saturated carbocycles. The summed E-state index contributed by atoms with van der Waals surface area (Å²) in [4.78, 5) is 0. The van der Waals surface area contributed by atoms with E-state index in [1.165, 1.54) is 0 Å². The molecule has 4 nitrogen and oxygen atoms in total. The molecular weight excluding hydrogens is 248 g/mol. The van der Waals surface area contributed by atoms with Crippen LogP contribution in [0.2, 0.25) is 0 Å². The Morgan fingerprint density at radius 3 is 1.50 bits per heavy atom. The van der Waals surface area contributed by atoms with Crippen LogP contribution in [-0.4, -0.2) is 11.4 Å². The molecule has 2 rings (SSSR count). The van der Waals surface area contributed by atoms with Gasteiger partial charge in [-0.15, -0.1) is 0 Å². The summed E-state index contributed by atoms with van der Waals surface area (Å²) in [7, 11) is 0. The van der Waals surface area contributed by atoms with E-state index in [0.29, 0.717) is 11.4 Å². The van der Waals surface area contributed by atoms with Crippen LogP contribution in [-0.2, 0) is 0 Å². The fourth-order valence-electron chi connectivity index (χ4n) is 1.79. The highest BCUT2D eigenvalue weighted by molar-refractivity contribution is 6.02. The van der Waals surface area contributed by atoms with E-state index in [9.17, 15) is 0 Å². The summed E-state index contributed by atoms with van der Waals surface area (Å²) >= 11 is 0. The molecule has 0 amide bonds. The summed E-state index contributed by atoms with van der Waals surface area (Å²) in [5.41, 5.74) is 16.5. The molecule has 0 aliphatic heterocycles. The number of hydrogen-bond donors (Lipinski definition) is 2. The van der Waals surface area contributed by atoms with Crippen molar-refractivity contribution in [2.24, 2.45) is 10.2 Å². The number of nitrogens with zero attached hydrogens (tertiary/aromatic N) is 2. The van der Waals surface area contributed by atoms with Crippen molar-refractivity contribution < 1.29 is 0 Å². The summed E-state index contributed by atoms with van der Waals surface area (Å²) in [6.07, 6.45) is 0. The van der Waals surface area contributed by atoms with Gasteiger partial charge in [0.25, 0.3) is 0 Å². The van der Waals surface area contributed by atoms with Crippen LogP contribution in [0, 0.1) is 0 Å². The standard InChI is InChI=1S/C16H18N4/c1-11(13-5-3-7-15(17)9-13)19-20-12(2)14-6-4-8-16(18)10-14/h3-10H,17-18H2,1-2H3. The minimum atomic E-state index is 0.716. The molecule has 0 heterocycles. The minimum Gasteiger partial charge on any atom is -0.399 e. The Bertz CT molecular complexity index is 612. The lowest BCUT2D eigenvalue weighted by Gasteiger charge is -2.02. The zero-order chi connectivity index (χ0) is 14.5. The van der Waals surface area contributed by atoms with Gasteiger partial charge in [0.05, 0.1) is 11.4 Å². The molecule has 0 bridgehead atoms. The third kappa shape index (κ3) is 3.45. The zero-order valence-corrected chi connectivity index (χ0v) is 11.7. The lowest BCUT2D eigenvalue weighted by molar-refractivity contribution is 1.22. The molecule has 0 aliphatic carbocycles. The van der Waals surface area contributed by atoms with Crippen molar-refractivity contribution in [2.45, 2.75) is 13.8 Å². The Balaban J connectivity index is 2.24. The van der Waals surface area contributed by atoms with E-state index in [0.717, 1.165) is 22.6 Å². The van der Waals surface area contributed by atoms with Crippen molar-refractivity contribution in [1.82, 2.24) is 0 Å². The van der Waals surface area contributed by atoms with Gasteiger partial charge in [0.15, 0.2) is 0 Å². The van der Waals surface area contributed by atoms with Crippen molar-refractivity contribution in [3.05, 3.63) is 59.7 Å². The van der Waals surface area contributed by atoms with Crippen LogP contribution < -0.4 is 11.5 Å². The van der Waals surface area contributed by atoms with Crippen LogP contribution in [0.25, 0.3) is 0 Å². The first-order chi connectivity index (χ1) is 9.56. The Morgan fingerprint density at radius 1 is 0.750 bits per heavy atom. The van der Waals surface area contributed by atoms with Gasteiger partial charge < -0.3 is 11.5 Å². The highest BCUT2D eigenvalue weighted by Crippen LogP contribution is 2.10. The monoisotopic (exact) mass is 266 g/mol. The second-order valence-corrected chi connectivity index (χ2v) is 4.62. The normalized spacial score (nSPS) is 12.5. The van der Waals surface area contributed by atoms with E-state index in [1.54, 1.807) is 0 Å². The maximum Gasteiger partial charge on any atom is 0.0672 e. The first-order valence-corrected chi connectivity index (χ1v) is 6.37. The van der Waals surface area contributed by atoms with Crippen molar-refractivity contribution in [3.8, 4) is 0 Å². The third-order valence-corrected chi connectivity index (χ3v) is 2.96. The number of nitrogen functional groups attached to an aromatic ring is 2. The van der Waals surface area contributed by atoms with E-state index in [1.807, 2.05) is 62.4 Å². The highest BCUT2D eigenvalue weighted by atomic mass is 15.2. The predicted molar refractivity (Wildman–Crippen MR) is 86.1 cm³/mol. The van der Waals surface area contributed by atoms with Gasteiger partial charge in [-0.1, -0.05) is 24.3 Å². The molecule has 0 unspecified atom stereocenters. The van der Waals surface area contributed by atoms with Gasteiger partial charge in [-0.3, -0.25) is 0 Å². The first-order valence-electron chi connectivity index (χ1n) is 6.37. The van der Waals surface area contributed by atoms with Crippen LogP contribution in [0.15, 0.2) is 58.7 Å². The van der Waals surface area contributed by atoms with E-state index in [4.69, 9.17) is 11.5 Å². The summed E-state index contributed by atoms with van der Waals surface area (Å²) in [6, 6.07) is 15.2. The summed E-state index contributed by atoms with van der Waals surface area (Å²) in [6.45, 7) is 3.82. The Kier molecular flexibility index (Phi) is 4.15. The summed E-state index contributed by atoms with van der Waals surface area (Å²) in [5.74, 6) is 0. The predicted octanol–water partition coefficient (Wildman–Crippen LogP) is 3.08. The Morgan fingerprint density at radius 2 is 1.15 bits per heavy atom. The van der Waals surface area contributed by atoms with Crippen molar-refractivity contribution in [1.29, 1.82) is 0 Å². The van der Waals surface area contributed by atoms with Gasteiger partial charge in [-0.05, 0) is 49.2 Å². The summed E-state index contributed by atoms with van der Waals surface area (Å²) in [5, 5.41) is 8.50. The third-order valence-electron chi connectivity index (χ3n) is 2.96. The largest absolute Gasteiger partial charge is 0.399 e. The Labute approximate surface area is 118 Å². The van der Waals surface area contributed by atoms with Crippen molar-refractivity contribution in [3.63, 3.8) is 0 Å². The Hall–Kier alpha value is -2.62. The SMILES string of the molecule is CC(=NN=C(C)c1cccc(N)c1)c1cccc(N)c1. The molecule has 4 heteroatoms. The van der Waals surface area contributed by atoms with Gasteiger partial charge in [-0.25, -0.2) is 0 Å². The number of anilines is 2. The van der Waals surface area contributed by atoms with Crippen LogP contribution in [0.4, 0.5) is 11.4 Å². The van der Waals surface area contributed by atoms with Gasteiger partial charge >= 0.3 is 0 Å². The van der Waals surface area contributed by atoms with Gasteiger partial charge in [-0.2, -0.15) is 10.2 Å². The molecule has 0 atom stereocenters. The molecule has 4 N–H and O–H groups in total. The molecule has 0 aliphatic rings. The number of benzene rings is 2. The average molecular weight is 266 g/mol. The van der Waals surface area contributed by atoms with Crippen molar-refractivity contribution in [2.75, 3.05) is 11.5 Å².